The maximum atomic E-state index is 6.70. The van der Waals surface area contributed by atoms with Crippen molar-refractivity contribution in [2.24, 2.45) is 0 Å². The van der Waals surface area contributed by atoms with E-state index in [9.17, 15) is 0 Å². The third-order valence-corrected chi connectivity index (χ3v) is 11.2. The number of benzene rings is 8. The lowest BCUT2D eigenvalue weighted by molar-refractivity contribution is 0.670. The molecule has 0 unspecified atom stereocenters. The molecule has 0 spiro atoms. The number of thiazole rings is 1. The predicted molar refractivity (Wildman–Crippen MR) is 222 cm³/mol. The molecule has 0 bridgehead atoms. The Hall–Kier alpha value is -7.02. The van der Waals surface area contributed by atoms with E-state index in [1.807, 2.05) is 12.1 Å². The molecule has 0 fully saturated rings. The average Bonchev–Trinajstić information content (AvgIpc) is 3.83. The molecule has 0 aliphatic carbocycles. The lowest BCUT2D eigenvalue weighted by Gasteiger charge is -2.10. The van der Waals surface area contributed by atoms with Crippen molar-refractivity contribution in [2.45, 2.75) is 0 Å². The van der Waals surface area contributed by atoms with Crippen LogP contribution in [-0.2, 0) is 0 Å². The van der Waals surface area contributed by atoms with Crippen LogP contribution >= 0.6 is 11.3 Å². The van der Waals surface area contributed by atoms with Crippen LogP contribution in [0.1, 0.15) is 0 Å². The zero-order chi connectivity index (χ0) is 35.6. The summed E-state index contributed by atoms with van der Waals surface area (Å²) in [7, 11) is 0. The second-order valence-corrected chi connectivity index (χ2v) is 14.5. The highest BCUT2D eigenvalue weighted by molar-refractivity contribution is 7.21. The van der Waals surface area contributed by atoms with Gasteiger partial charge in [0.1, 0.15) is 16.2 Å². The van der Waals surface area contributed by atoms with Gasteiger partial charge in [-0.3, -0.25) is 0 Å². The fourth-order valence-electron chi connectivity index (χ4n) is 7.37. The minimum absolute atomic E-state index is 0.554. The molecule has 5 nitrogen and oxygen atoms in total. The van der Waals surface area contributed by atoms with Crippen LogP contribution in [-0.4, -0.2) is 19.9 Å². The zero-order valence-corrected chi connectivity index (χ0v) is 29.6. The van der Waals surface area contributed by atoms with E-state index in [0.29, 0.717) is 17.5 Å². The van der Waals surface area contributed by atoms with Crippen molar-refractivity contribution >= 4 is 65.0 Å². The molecule has 0 radical (unpaired) electrons. The molecule has 252 valence electrons. The Morgan fingerprint density at radius 1 is 0.389 bits per heavy atom. The lowest BCUT2D eigenvalue weighted by atomic mass is 10.0. The van der Waals surface area contributed by atoms with Gasteiger partial charge < -0.3 is 4.42 Å². The van der Waals surface area contributed by atoms with Crippen molar-refractivity contribution in [1.29, 1.82) is 0 Å². The van der Waals surface area contributed by atoms with Crippen LogP contribution < -0.4 is 0 Å². The summed E-state index contributed by atoms with van der Waals surface area (Å²) in [5, 5.41) is 7.75. The van der Waals surface area contributed by atoms with E-state index in [1.165, 1.54) is 10.8 Å². The van der Waals surface area contributed by atoms with E-state index in [1.54, 1.807) is 11.3 Å². The van der Waals surface area contributed by atoms with Gasteiger partial charge in [-0.25, -0.2) is 19.9 Å². The molecule has 0 saturated carbocycles. The predicted octanol–water partition coefficient (Wildman–Crippen LogP) is 13.0. The summed E-state index contributed by atoms with van der Waals surface area (Å²) in [4.78, 5) is 20.3. The van der Waals surface area contributed by atoms with E-state index >= 15 is 0 Å². The summed E-state index contributed by atoms with van der Waals surface area (Å²) in [6.07, 6.45) is 0. The Balaban J connectivity index is 1.05. The van der Waals surface area contributed by atoms with Gasteiger partial charge in [0, 0.05) is 33.5 Å². The highest BCUT2D eigenvalue weighted by Gasteiger charge is 2.19. The molecule has 0 atom stereocenters. The van der Waals surface area contributed by atoms with Gasteiger partial charge in [-0.1, -0.05) is 140 Å². The average molecular weight is 709 g/mol. The van der Waals surface area contributed by atoms with Crippen LogP contribution in [0.5, 0.6) is 0 Å². The van der Waals surface area contributed by atoms with Crippen LogP contribution in [0.4, 0.5) is 0 Å². The van der Waals surface area contributed by atoms with E-state index in [4.69, 9.17) is 24.4 Å². The van der Waals surface area contributed by atoms with E-state index < -0.39 is 0 Å². The second kappa shape index (κ2) is 12.3. The Bertz CT molecular complexity index is 3220. The van der Waals surface area contributed by atoms with Gasteiger partial charge in [-0.05, 0) is 56.9 Å². The normalized spacial score (nSPS) is 11.7. The molecule has 11 aromatic rings. The second-order valence-electron chi connectivity index (χ2n) is 13.5. The maximum absolute atomic E-state index is 6.70. The number of nitrogens with zero attached hydrogens (tertiary/aromatic N) is 4. The molecule has 0 N–H and O–H groups in total. The van der Waals surface area contributed by atoms with Crippen molar-refractivity contribution < 1.29 is 4.42 Å². The quantitative estimate of drug-likeness (QED) is 0.178. The summed E-state index contributed by atoms with van der Waals surface area (Å²) < 4.78 is 7.81. The highest BCUT2D eigenvalue weighted by Crippen LogP contribution is 2.40. The van der Waals surface area contributed by atoms with Crippen molar-refractivity contribution in [3.63, 3.8) is 0 Å². The number of para-hydroxylation sites is 1. The van der Waals surface area contributed by atoms with E-state index in [0.717, 1.165) is 81.3 Å². The van der Waals surface area contributed by atoms with E-state index in [2.05, 4.69) is 158 Å². The molecular formula is C48H28N4OS. The zero-order valence-electron chi connectivity index (χ0n) is 28.8. The molecule has 3 heterocycles. The van der Waals surface area contributed by atoms with Gasteiger partial charge in [0.2, 0.25) is 0 Å². The number of aromatic nitrogens is 4. The molecule has 0 aliphatic rings. The first-order valence-corrected chi connectivity index (χ1v) is 18.7. The number of hydrogen-bond donors (Lipinski definition) is 0. The van der Waals surface area contributed by atoms with Gasteiger partial charge in [-0.15, -0.1) is 11.3 Å². The number of furan rings is 1. The summed E-state index contributed by atoms with van der Waals surface area (Å²) in [6.45, 7) is 0. The largest absolute Gasteiger partial charge is 0.455 e. The molecule has 0 aliphatic heterocycles. The fourth-order valence-corrected chi connectivity index (χ4v) is 8.35. The van der Waals surface area contributed by atoms with Gasteiger partial charge in [0.25, 0.3) is 0 Å². The van der Waals surface area contributed by atoms with Crippen molar-refractivity contribution in [2.75, 3.05) is 0 Å². The molecule has 11 rings (SSSR count). The number of fused-ring (bicyclic) bond motifs is 6. The van der Waals surface area contributed by atoms with Crippen LogP contribution in [0.2, 0.25) is 0 Å². The molecule has 54 heavy (non-hydrogen) atoms. The Labute approximate surface area is 313 Å². The molecular weight excluding hydrogens is 681 g/mol. The molecule has 3 aromatic heterocycles. The van der Waals surface area contributed by atoms with Crippen molar-refractivity contribution in [1.82, 2.24) is 19.9 Å². The maximum Gasteiger partial charge on any atom is 0.167 e. The Kier molecular flexibility index (Phi) is 6.97. The monoisotopic (exact) mass is 708 g/mol. The Morgan fingerprint density at radius 3 is 1.74 bits per heavy atom. The summed E-state index contributed by atoms with van der Waals surface area (Å²) >= 11 is 1.70. The van der Waals surface area contributed by atoms with E-state index in [-0.39, 0.29) is 0 Å². The van der Waals surface area contributed by atoms with Crippen molar-refractivity contribution in [3.8, 4) is 55.9 Å². The Morgan fingerprint density at radius 2 is 0.981 bits per heavy atom. The molecule has 6 heteroatoms. The van der Waals surface area contributed by atoms with Crippen LogP contribution in [0.15, 0.2) is 174 Å². The van der Waals surface area contributed by atoms with Gasteiger partial charge in [0.05, 0.1) is 15.8 Å². The summed E-state index contributed by atoms with van der Waals surface area (Å²) in [5.41, 5.74) is 8.47. The SMILES string of the molecule is c1ccc(-c2ccc(-c3nc(-c4ccc5ccccc5c4)nc(-c4cccc5c4oc4cc6nc(-c7ccc8ccccc8c7)sc6cc45)n3)cc2)cc1. The fraction of sp³-hybridized carbons (Fsp3) is 0. The molecule has 0 amide bonds. The standard InChI is InChI=1S/C48H28N4OS/c1-2-9-29(10-3-1)32-17-21-33(22-18-32)45-50-46(36-23-19-30-11-4-6-13-34(30)25-36)52-47(51-45)39-16-8-15-38-40-27-43-41(28-42(40)53-44(38)39)49-48(54-43)37-24-20-31-12-5-7-14-35(31)26-37/h1-28H. The minimum Gasteiger partial charge on any atom is -0.455 e. The molecule has 0 saturated heterocycles. The van der Waals surface area contributed by atoms with Crippen LogP contribution in [0.3, 0.4) is 0 Å². The number of hydrogen-bond acceptors (Lipinski definition) is 6. The van der Waals surface area contributed by atoms with Gasteiger partial charge in [0.15, 0.2) is 17.5 Å². The first-order chi connectivity index (χ1) is 26.7. The summed E-state index contributed by atoms with van der Waals surface area (Å²) in [5.74, 6) is 1.76. The first-order valence-electron chi connectivity index (χ1n) is 17.9. The molecule has 8 aromatic carbocycles. The van der Waals surface area contributed by atoms with Gasteiger partial charge in [-0.2, -0.15) is 0 Å². The minimum atomic E-state index is 0.554. The number of rotatable bonds is 5. The first kappa shape index (κ1) is 30.6. The third kappa shape index (κ3) is 5.23. The highest BCUT2D eigenvalue weighted by atomic mass is 32.1. The lowest BCUT2D eigenvalue weighted by Crippen LogP contribution is -2.00. The van der Waals surface area contributed by atoms with Gasteiger partial charge >= 0.3 is 0 Å². The third-order valence-electron chi connectivity index (χ3n) is 10.1. The smallest absolute Gasteiger partial charge is 0.167 e. The topological polar surface area (TPSA) is 64.7 Å². The van der Waals surface area contributed by atoms with Crippen LogP contribution in [0, 0.1) is 0 Å². The van der Waals surface area contributed by atoms with Crippen molar-refractivity contribution in [3.05, 3.63) is 170 Å². The summed E-state index contributed by atoms with van der Waals surface area (Å²) in [6, 6.07) is 58.9. The van der Waals surface area contributed by atoms with Crippen LogP contribution in [0.25, 0.3) is 110 Å².